The monoisotopic (exact) mass is 386 g/mol. The Labute approximate surface area is 162 Å². The summed E-state index contributed by atoms with van der Waals surface area (Å²) >= 11 is 0. The molecule has 1 aromatic heterocycles. The smallest absolute Gasteiger partial charge is 0.249 e. The highest BCUT2D eigenvalue weighted by Crippen LogP contribution is 2.33. The lowest BCUT2D eigenvalue weighted by molar-refractivity contribution is -0.130. The van der Waals surface area contributed by atoms with Gasteiger partial charge >= 0.3 is 0 Å². The molecule has 8 heteroatoms. The predicted octanol–water partition coefficient (Wildman–Crippen LogP) is 2.88. The quantitative estimate of drug-likeness (QED) is 0.825. The maximum absolute atomic E-state index is 14.0. The molecule has 2 amide bonds. The minimum atomic E-state index is -0.376. The lowest BCUT2D eigenvalue weighted by Gasteiger charge is -2.22. The fraction of sp³-hybridized carbons (Fsp3) is 0.500. The van der Waals surface area contributed by atoms with E-state index in [-0.39, 0.29) is 42.7 Å². The molecule has 1 aliphatic carbocycles. The number of nitrogens with zero attached hydrogens (tertiary/aromatic N) is 3. The second-order valence-electron chi connectivity index (χ2n) is 7.42. The molecule has 1 N–H and O–H groups in total. The zero-order valence-corrected chi connectivity index (χ0v) is 15.6. The Morgan fingerprint density at radius 1 is 1.25 bits per heavy atom. The highest BCUT2D eigenvalue weighted by molar-refractivity contribution is 5.79. The third kappa shape index (κ3) is 3.90. The number of likely N-dealkylation sites (tertiary alicyclic amines) is 1. The van der Waals surface area contributed by atoms with Crippen LogP contribution in [0.25, 0.3) is 0 Å². The molecule has 1 saturated heterocycles. The summed E-state index contributed by atoms with van der Waals surface area (Å²) in [7, 11) is 0. The summed E-state index contributed by atoms with van der Waals surface area (Å²) < 4.78 is 19.3. The molecule has 28 heavy (non-hydrogen) atoms. The summed E-state index contributed by atoms with van der Waals surface area (Å²) in [5, 5.41) is 6.79. The third-order valence-electron chi connectivity index (χ3n) is 5.54. The van der Waals surface area contributed by atoms with Gasteiger partial charge in [-0.15, -0.1) is 0 Å². The zero-order valence-electron chi connectivity index (χ0n) is 15.6. The van der Waals surface area contributed by atoms with Crippen molar-refractivity contribution in [3.8, 4) is 0 Å². The highest BCUT2D eigenvalue weighted by atomic mass is 19.1. The summed E-state index contributed by atoms with van der Waals surface area (Å²) in [4.78, 5) is 30.4. The van der Waals surface area contributed by atoms with Crippen LogP contribution in [0.5, 0.6) is 0 Å². The van der Waals surface area contributed by atoms with Crippen LogP contribution in [-0.4, -0.2) is 26.9 Å². The first kappa shape index (κ1) is 18.6. The second kappa shape index (κ2) is 8.08. The number of nitrogens with one attached hydrogen (secondary N) is 1. The molecular formula is C20H23FN4O3. The number of rotatable bonds is 6. The van der Waals surface area contributed by atoms with E-state index < -0.39 is 0 Å². The van der Waals surface area contributed by atoms with Gasteiger partial charge in [0.1, 0.15) is 11.9 Å². The molecule has 4 rings (SSSR count). The zero-order chi connectivity index (χ0) is 19.5. The molecule has 1 aromatic carbocycles. The Bertz CT molecular complexity index is 863. The molecule has 7 nitrogen and oxygen atoms in total. The van der Waals surface area contributed by atoms with Crippen molar-refractivity contribution in [1.29, 1.82) is 0 Å². The van der Waals surface area contributed by atoms with E-state index in [1.807, 2.05) is 0 Å². The van der Waals surface area contributed by atoms with Crippen LogP contribution >= 0.6 is 0 Å². The number of halogens is 1. The SMILES string of the molecule is O=C(NCc1noc([C@@H]2CCC(=O)N2Cc2ccccc2F)n1)C1CCCC1. The van der Waals surface area contributed by atoms with Crippen molar-refractivity contribution < 1.29 is 18.5 Å². The lowest BCUT2D eigenvalue weighted by atomic mass is 10.1. The second-order valence-corrected chi connectivity index (χ2v) is 7.42. The molecule has 0 spiro atoms. The highest BCUT2D eigenvalue weighted by Gasteiger charge is 2.36. The van der Waals surface area contributed by atoms with Crippen molar-refractivity contribution in [2.24, 2.45) is 5.92 Å². The van der Waals surface area contributed by atoms with Crippen molar-refractivity contribution in [1.82, 2.24) is 20.4 Å². The number of carbonyl (C=O) groups is 2. The van der Waals surface area contributed by atoms with Crippen LogP contribution < -0.4 is 5.32 Å². The van der Waals surface area contributed by atoms with Crippen molar-refractivity contribution in [2.45, 2.75) is 57.7 Å². The van der Waals surface area contributed by atoms with Gasteiger partial charge < -0.3 is 14.7 Å². The number of amides is 2. The fourth-order valence-corrected chi connectivity index (χ4v) is 3.97. The van der Waals surface area contributed by atoms with E-state index in [0.29, 0.717) is 30.1 Å². The lowest BCUT2D eigenvalue weighted by Crippen LogP contribution is -2.29. The van der Waals surface area contributed by atoms with E-state index in [0.717, 1.165) is 25.7 Å². The predicted molar refractivity (Wildman–Crippen MR) is 97.0 cm³/mol. The molecule has 1 atom stereocenters. The van der Waals surface area contributed by atoms with Gasteiger partial charge in [0.15, 0.2) is 5.82 Å². The van der Waals surface area contributed by atoms with Crippen LogP contribution in [-0.2, 0) is 22.7 Å². The maximum Gasteiger partial charge on any atom is 0.249 e. The number of hydrogen-bond acceptors (Lipinski definition) is 5. The standard InChI is InChI=1S/C20H23FN4O3/c21-15-8-4-3-7-14(15)12-25-16(9-10-18(25)26)20-23-17(24-28-20)11-22-19(27)13-5-1-2-6-13/h3-4,7-8,13,16H,1-2,5-6,9-12H2,(H,22,27)/t16-/m0/s1. The summed E-state index contributed by atoms with van der Waals surface area (Å²) in [6, 6.07) is 6.02. The van der Waals surface area contributed by atoms with Crippen molar-refractivity contribution >= 4 is 11.8 Å². The van der Waals surface area contributed by atoms with Gasteiger partial charge in [0.2, 0.25) is 17.7 Å². The van der Waals surface area contributed by atoms with E-state index in [1.165, 1.54) is 6.07 Å². The van der Waals surface area contributed by atoms with Gasteiger partial charge in [-0.1, -0.05) is 36.2 Å². The average Bonchev–Trinajstić information content (AvgIpc) is 3.44. The third-order valence-corrected chi connectivity index (χ3v) is 5.54. The van der Waals surface area contributed by atoms with Gasteiger partial charge in [-0.05, 0) is 25.3 Å². The van der Waals surface area contributed by atoms with Crippen LogP contribution in [0.1, 0.15) is 61.8 Å². The molecule has 0 unspecified atom stereocenters. The van der Waals surface area contributed by atoms with Gasteiger partial charge in [-0.2, -0.15) is 4.98 Å². The largest absolute Gasteiger partial charge is 0.348 e. The van der Waals surface area contributed by atoms with E-state index in [9.17, 15) is 14.0 Å². The molecule has 148 valence electrons. The molecule has 1 saturated carbocycles. The Balaban J connectivity index is 1.41. The minimum Gasteiger partial charge on any atom is -0.348 e. The Morgan fingerprint density at radius 3 is 2.82 bits per heavy atom. The first-order valence-electron chi connectivity index (χ1n) is 9.75. The van der Waals surface area contributed by atoms with Crippen molar-refractivity contribution in [2.75, 3.05) is 0 Å². The first-order valence-corrected chi connectivity index (χ1v) is 9.75. The number of hydrogen-bond donors (Lipinski definition) is 1. The van der Waals surface area contributed by atoms with Gasteiger partial charge in [0.25, 0.3) is 0 Å². The van der Waals surface area contributed by atoms with Crippen molar-refractivity contribution in [3.63, 3.8) is 0 Å². The maximum atomic E-state index is 14.0. The van der Waals surface area contributed by atoms with Crippen molar-refractivity contribution in [3.05, 3.63) is 47.4 Å². The molecular weight excluding hydrogens is 363 g/mol. The van der Waals surface area contributed by atoms with E-state index >= 15 is 0 Å². The normalized spacial score (nSPS) is 20.1. The summed E-state index contributed by atoms with van der Waals surface area (Å²) in [5.41, 5.74) is 0.450. The fourth-order valence-electron chi connectivity index (χ4n) is 3.97. The molecule has 0 bridgehead atoms. The van der Waals surface area contributed by atoms with Gasteiger partial charge in [0.05, 0.1) is 6.54 Å². The van der Waals surface area contributed by atoms with Gasteiger partial charge in [0, 0.05) is 24.4 Å². The molecule has 2 fully saturated rings. The van der Waals surface area contributed by atoms with E-state index in [4.69, 9.17) is 4.52 Å². The molecule has 1 aliphatic heterocycles. The topological polar surface area (TPSA) is 88.3 Å². The molecule has 2 heterocycles. The van der Waals surface area contributed by atoms with E-state index in [1.54, 1.807) is 23.1 Å². The van der Waals surface area contributed by atoms with Crippen LogP contribution in [0, 0.1) is 11.7 Å². The van der Waals surface area contributed by atoms with Crippen LogP contribution in [0.2, 0.25) is 0 Å². The number of carbonyl (C=O) groups excluding carboxylic acids is 2. The Morgan fingerprint density at radius 2 is 2.04 bits per heavy atom. The molecule has 0 radical (unpaired) electrons. The van der Waals surface area contributed by atoms with Gasteiger partial charge in [-0.25, -0.2) is 4.39 Å². The van der Waals surface area contributed by atoms with Crippen LogP contribution in [0.3, 0.4) is 0 Å². The van der Waals surface area contributed by atoms with Crippen LogP contribution in [0.15, 0.2) is 28.8 Å². The number of aromatic nitrogens is 2. The van der Waals surface area contributed by atoms with Gasteiger partial charge in [-0.3, -0.25) is 9.59 Å². The summed E-state index contributed by atoms with van der Waals surface area (Å²) in [6.07, 6.45) is 4.95. The first-order chi connectivity index (χ1) is 13.6. The molecule has 2 aliphatic rings. The number of benzene rings is 1. The van der Waals surface area contributed by atoms with Crippen LogP contribution in [0.4, 0.5) is 4.39 Å². The van der Waals surface area contributed by atoms with E-state index in [2.05, 4.69) is 15.5 Å². The molecule has 2 aromatic rings. The average molecular weight is 386 g/mol. The summed E-state index contributed by atoms with van der Waals surface area (Å²) in [6.45, 7) is 0.360. The summed E-state index contributed by atoms with van der Waals surface area (Å²) in [5.74, 6) is 0.402. The Kier molecular flexibility index (Phi) is 5.36. The minimum absolute atomic E-state index is 0.0288. The Hall–Kier alpha value is -2.77.